The number of hydrogen-bond donors (Lipinski definition) is 1. The molecule has 2 rings (SSSR count). The first-order valence-corrected chi connectivity index (χ1v) is 8.12. The van der Waals surface area contributed by atoms with Crippen molar-refractivity contribution in [3.05, 3.63) is 28.5 Å². The van der Waals surface area contributed by atoms with E-state index in [1.54, 1.807) is 12.1 Å². The number of rotatable bonds is 4. The second-order valence-electron chi connectivity index (χ2n) is 5.10. The van der Waals surface area contributed by atoms with E-state index in [4.69, 9.17) is 11.6 Å². The number of halogens is 1. The summed E-state index contributed by atoms with van der Waals surface area (Å²) >= 11 is 7.75. The maximum absolute atomic E-state index is 12.2. The summed E-state index contributed by atoms with van der Waals surface area (Å²) in [6.45, 7) is 2.56. The number of amides is 1. The Kier molecular flexibility index (Phi) is 4.74. The van der Waals surface area contributed by atoms with E-state index < -0.39 is 0 Å². The lowest BCUT2D eigenvalue weighted by molar-refractivity contribution is 0.0949. The third kappa shape index (κ3) is 3.63. The number of thioether (sulfide) groups is 1. The highest BCUT2D eigenvalue weighted by Crippen LogP contribution is 2.39. The van der Waals surface area contributed by atoms with E-state index >= 15 is 0 Å². The van der Waals surface area contributed by atoms with Crippen molar-refractivity contribution in [2.45, 2.75) is 37.4 Å². The van der Waals surface area contributed by atoms with Gasteiger partial charge in [0.05, 0.1) is 0 Å². The van der Waals surface area contributed by atoms with Crippen LogP contribution in [-0.2, 0) is 0 Å². The largest absolute Gasteiger partial charge is 0.351 e. The average molecular weight is 299 g/mol. The van der Waals surface area contributed by atoms with E-state index in [9.17, 15) is 4.79 Å². The lowest BCUT2D eigenvalue weighted by atomic mass is 10.1. The maximum Gasteiger partial charge on any atom is 0.251 e. The zero-order chi connectivity index (χ0) is 13.9. The number of nitrogens with zero attached hydrogens (tertiary/aromatic N) is 1. The zero-order valence-corrected chi connectivity index (χ0v) is 12.9. The Labute approximate surface area is 123 Å². The van der Waals surface area contributed by atoms with E-state index in [0.717, 1.165) is 12.2 Å². The molecule has 0 aliphatic heterocycles. The molecular weight excluding hydrogens is 280 g/mol. The summed E-state index contributed by atoms with van der Waals surface area (Å²) in [6, 6.07) is 3.38. The van der Waals surface area contributed by atoms with E-state index in [1.165, 1.54) is 25.7 Å². The fourth-order valence-corrected chi connectivity index (χ4v) is 3.74. The molecule has 0 atom stereocenters. The van der Waals surface area contributed by atoms with Gasteiger partial charge in [-0.15, -0.1) is 0 Å². The molecule has 1 fully saturated rings. The summed E-state index contributed by atoms with van der Waals surface area (Å²) in [5.41, 5.74) is 1.35. The van der Waals surface area contributed by atoms with Gasteiger partial charge < -0.3 is 5.32 Å². The highest BCUT2D eigenvalue weighted by atomic mass is 35.5. The van der Waals surface area contributed by atoms with Crippen LogP contribution < -0.4 is 5.32 Å². The Morgan fingerprint density at radius 3 is 2.74 bits per heavy atom. The molecule has 0 aromatic carbocycles. The fourth-order valence-electron chi connectivity index (χ4n) is 2.57. The molecule has 104 valence electrons. The molecule has 19 heavy (non-hydrogen) atoms. The first-order chi connectivity index (χ1) is 9.04. The van der Waals surface area contributed by atoms with Crippen molar-refractivity contribution in [1.29, 1.82) is 0 Å². The molecule has 0 unspecified atom stereocenters. The molecule has 1 aromatic rings. The topological polar surface area (TPSA) is 42.0 Å². The van der Waals surface area contributed by atoms with Gasteiger partial charge in [-0.25, -0.2) is 4.98 Å². The van der Waals surface area contributed by atoms with E-state index in [-0.39, 0.29) is 10.7 Å². The summed E-state index contributed by atoms with van der Waals surface area (Å²) in [6.07, 6.45) is 7.02. The van der Waals surface area contributed by atoms with E-state index in [0.29, 0.717) is 10.7 Å². The van der Waals surface area contributed by atoms with Crippen molar-refractivity contribution in [1.82, 2.24) is 10.3 Å². The number of aryl methyl sites for hydroxylation is 1. The molecule has 1 heterocycles. The van der Waals surface area contributed by atoms with Gasteiger partial charge in [0.15, 0.2) is 0 Å². The number of carbonyl (C=O) groups is 1. The molecule has 0 spiro atoms. The number of hydrogen-bond acceptors (Lipinski definition) is 3. The first kappa shape index (κ1) is 14.7. The molecule has 5 heteroatoms. The lowest BCUT2D eigenvalue weighted by Gasteiger charge is -2.26. The second kappa shape index (κ2) is 6.14. The molecular formula is C14H19ClN2OS. The van der Waals surface area contributed by atoms with Crippen molar-refractivity contribution >= 4 is 29.3 Å². The number of pyridine rings is 1. The number of nitrogens with one attached hydrogen (secondary N) is 1. The third-order valence-corrected chi connectivity index (χ3v) is 5.32. The van der Waals surface area contributed by atoms with Gasteiger partial charge in [0.25, 0.3) is 5.91 Å². The van der Waals surface area contributed by atoms with Crippen molar-refractivity contribution in [2.24, 2.45) is 0 Å². The third-order valence-electron chi connectivity index (χ3n) is 3.70. The average Bonchev–Trinajstić information content (AvgIpc) is 2.84. The fraction of sp³-hybridized carbons (Fsp3) is 0.571. The van der Waals surface area contributed by atoms with Crippen LogP contribution in [0.4, 0.5) is 0 Å². The number of aromatic nitrogens is 1. The number of carbonyl (C=O) groups excluding carboxylic acids is 1. The van der Waals surface area contributed by atoms with Crippen molar-refractivity contribution in [3.63, 3.8) is 0 Å². The Morgan fingerprint density at radius 1 is 1.47 bits per heavy atom. The molecule has 1 aromatic heterocycles. The normalized spacial score (nSPS) is 17.4. The SMILES string of the molecule is CSC1(CNC(=O)c2cc(C)nc(Cl)c2)CCCC1. The predicted octanol–water partition coefficient (Wildman–Crippen LogP) is 3.45. The van der Waals surface area contributed by atoms with Gasteiger partial charge >= 0.3 is 0 Å². The minimum atomic E-state index is -0.0623. The van der Waals surface area contributed by atoms with Gasteiger partial charge in [-0.05, 0) is 38.2 Å². The van der Waals surface area contributed by atoms with Crippen LogP contribution in [0.5, 0.6) is 0 Å². The van der Waals surface area contributed by atoms with Gasteiger partial charge in [-0.2, -0.15) is 11.8 Å². The smallest absolute Gasteiger partial charge is 0.251 e. The molecule has 0 radical (unpaired) electrons. The highest BCUT2D eigenvalue weighted by molar-refractivity contribution is 8.00. The Balaban J connectivity index is 2.01. The molecule has 0 saturated heterocycles. The summed E-state index contributed by atoms with van der Waals surface area (Å²) in [7, 11) is 0. The van der Waals surface area contributed by atoms with Crippen LogP contribution in [0.3, 0.4) is 0 Å². The maximum atomic E-state index is 12.2. The standard InChI is InChI=1S/C14H19ClN2OS/c1-10-7-11(8-12(15)17-10)13(18)16-9-14(19-2)5-3-4-6-14/h7-8H,3-6,9H2,1-2H3,(H,16,18). The second-order valence-corrected chi connectivity index (χ2v) is 6.76. The van der Waals surface area contributed by atoms with Gasteiger partial charge in [0, 0.05) is 22.5 Å². The van der Waals surface area contributed by atoms with Crippen LogP contribution in [0.1, 0.15) is 41.7 Å². The summed E-state index contributed by atoms with van der Waals surface area (Å²) in [5, 5.41) is 3.41. The molecule has 1 amide bonds. The van der Waals surface area contributed by atoms with Crippen molar-refractivity contribution in [3.8, 4) is 0 Å². The predicted molar refractivity (Wildman–Crippen MR) is 81.0 cm³/mol. The molecule has 1 aliphatic carbocycles. The molecule has 1 aliphatic rings. The highest BCUT2D eigenvalue weighted by Gasteiger charge is 2.33. The Morgan fingerprint density at radius 2 is 2.16 bits per heavy atom. The van der Waals surface area contributed by atoms with Crippen LogP contribution in [0, 0.1) is 6.92 Å². The molecule has 1 N–H and O–H groups in total. The minimum absolute atomic E-state index is 0.0623. The van der Waals surface area contributed by atoms with Crippen LogP contribution >= 0.6 is 23.4 Å². The molecule has 3 nitrogen and oxygen atoms in total. The Hall–Kier alpha value is -0.740. The van der Waals surface area contributed by atoms with E-state index in [1.807, 2.05) is 18.7 Å². The van der Waals surface area contributed by atoms with Gasteiger partial charge in [0.1, 0.15) is 5.15 Å². The van der Waals surface area contributed by atoms with E-state index in [2.05, 4.69) is 16.6 Å². The summed E-state index contributed by atoms with van der Waals surface area (Å²) in [5.74, 6) is -0.0623. The van der Waals surface area contributed by atoms with Crippen LogP contribution in [0.15, 0.2) is 12.1 Å². The lowest BCUT2D eigenvalue weighted by Crippen LogP contribution is -2.38. The van der Waals surface area contributed by atoms with Crippen molar-refractivity contribution in [2.75, 3.05) is 12.8 Å². The van der Waals surface area contributed by atoms with Crippen LogP contribution in [0.2, 0.25) is 5.15 Å². The van der Waals surface area contributed by atoms with Gasteiger partial charge in [0.2, 0.25) is 0 Å². The van der Waals surface area contributed by atoms with Gasteiger partial charge in [-0.1, -0.05) is 24.4 Å². The minimum Gasteiger partial charge on any atom is -0.351 e. The van der Waals surface area contributed by atoms with Crippen LogP contribution in [-0.4, -0.2) is 28.4 Å². The van der Waals surface area contributed by atoms with Gasteiger partial charge in [-0.3, -0.25) is 4.79 Å². The van der Waals surface area contributed by atoms with Crippen LogP contribution in [0.25, 0.3) is 0 Å². The quantitative estimate of drug-likeness (QED) is 0.866. The molecule has 1 saturated carbocycles. The zero-order valence-electron chi connectivity index (χ0n) is 11.3. The van der Waals surface area contributed by atoms with Crippen molar-refractivity contribution < 1.29 is 4.79 Å². The first-order valence-electron chi connectivity index (χ1n) is 6.52. The monoisotopic (exact) mass is 298 g/mol. The summed E-state index contributed by atoms with van der Waals surface area (Å²) in [4.78, 5) is 16.2. The molecule has 0 bridgehead atoms. The Bertz CT molecular complexity index is 452. The summed E-state index contributed by atoms with van der Waals surface area (Å²) < 4.78 is 0.224.